The lowest BCUT2D eigenvalue weighted by Crippen LogP contribution is -2.30. The number of halogens is 1. The molecule has 1 aromatic rings. The molecule has 0 atom stereocenters. The number of nitrogens with one attached hydrogen (secondary N) is 1. The van der Waals surface area contributed by atoms with Crippen LogP contribution in [0.5, 0.6) is 0 Å². The number of carbonyl (C=O) groups is 2. The number of amides is 2. The smallest absolute Gasteiger partial charge is 0.251 e. The first kappa shape index (κ1) is 16.4. The quantitative estimate of drug-likeness (QED) is 0.846. The fraction of sp³-hybridized carbons (Fsp3) is 0.500. The predicted octanol–water partition coefficient (Wildman–Crippen LogP) is 2.07. The van der Waals surface area contributed by atoms with Gasteiger partial charge in [0.1, 0.15) is 5.15 Å². The SMILES string of the molecule is CC(C)c1cc(C(=O)NCCC(=O)N(C)C)cc(Cl)n1. The summed E-state index contributed by atoms with van der Waals surface area (Å²) < 4.78 is 0. The van der Waals surface area contributed by atoms with Crippen LogP contribution < -0.4 is 5.32 Å². The number of carbonyl (C=O) groups excluding carboxylic acids is 2. The minimum Gasteiger partial charge on any atom is -0.352 e. The maximum Gasteiger partial charge on any atom is 0.251 e. The summed E-state index contributed by atoms with van der Waals surface area (Å²) in [6.45, 7) is 4.26. The molecule has 0 saturated heterocycles. The Kier molecular flexibility index (Phi) is 5.95. The third-order valence-corrected chi connectivity index (χ3v) is 2.98. The van der Waals surface area contributed by atoms with Crippen LogP contribution in [0.4, 0.5) is 0 Å². The first-order chi connectivity index (χ1) is 9.31. The van der Waals surface area contributed by atoms with Crippen LogP contribution in [0, 0.1) is 0 Å². The number of aromatic nitrogens is 1. The van der Waals surface area contributed by atoms with Crippen molar-refractivity contribution in [2.24, 2.45) is 0 Å². The van der Waals surface area contributed by atoms with E-state index in [2.05, 4.69) is 10.3 Å². The van der Waals surface area contributed by atoms with Gasteiger partial charge in [-0.25, -0.2) is 4.98 Å². The van der Waals surface area contributed by atoms with Crippen LogP contribution >= 0.6 is 11.6 Å². The highest BCUT2D eigenvalue weighted by molar-refractivity contribution is 6.29. The number of rotatable bonds is 5. The van der Waals surface area contributed by atoms with Gasteiger partial charge < -0.3 is 10.2 Å². The molecular formula is C14H20ClN3O2. The standard InChI is InChI=1S/C14H20ClN3O2/c1-9(2)11-7-10(8-12(15)17-11)14(20)16-6-5-13(19)18(3)4/h7-9H,5-6H2,1-4H3,(H,16,20). The number of nitrogens with zero attached hydrogens (tertiary/aromatic N) is 2. The molecule has 0 radical (unpaired) electrons. The maximum atomic E-state index is 12.0. The van der Waals surface area contributed by atoms with Crippen LogP contribution in [0.15, 0.2) is 12.1 Å². The van der Waals surface area contributed by atoms with E-state index in [-0.39, 0.29) is 24.2 Å². The van der Waals surface area contributed by atoms with Crippen LogP contribution in [0.2, 0.25) is 5.15 Å². The van der Waals surface area contributed by atoms with Gasteiger partial charge in [0.05, 0.1) is 0 Å². The molecule has 2 amide bonds. The maximum absolute atomic E-state index is 12.0. The summed E-state index contributed by atoms with van der Waals surface area (Å²) in [7, 11) is 3.36. The Morgan fingerprint density at radius 3 is 2.55 bits per heavy atom. The Hall–Kier alpha value is -1.62. The molecule has 1 N–H and O–H groups in total. The second-order valence-electron chi connectivity index (χ2n) is 5.05. The van der Waals surface area contributed by atoms with E-state index in [1.807, 2.05) is 13.8 Å². The summed E-state index contributed by atoms with van der Waals surface area (Å²) in [5.41, 5.74) is 1.23. The predicted molar refractivity (Wildman–Crippen MR) is 79.0 cm³/mol. The zero-order valence-corrected chi connectivity index (χ0v) is 13.0. The molecule has 0 unspecified atom stereocenters. The van der Waals surface area contributed by atoms with Crippen molar-refractivity contribution in [2.75, 3.05) is 20.6 Å². The largest absolute Gasteiger partial charge is 0.352 e. The minimum absolute atomic E-state index is 0.0269. The number of hydrogen-bond acceptors (Lipinski definition) is 3. The lowest BCUT2D eigenvalue weighted by molar-refractivity contribution is -0.128. The summed E-state index contributed by atoms with van der Waals surface area (Å²) in [5.74, 6) is -0.0840. The van der Waals surface area contributed by atoms with Crippen LogP contribution in [-0.2, 0) is 4.79 Å². The van der Waals surface area contributed by atoms with E-state index >= 15 is 0 Å². The zero-order chi connectivity index (χ0) is 15.3. The Bertz CT molecular complexity index is 501. The first-order valence-electron chi connectivity index (χ1n) is 6.47. The van der Waals surface area contributed by atoms with Crippen LogP contribution in [0.25, 0.3) is 0 Å². The molecular weight excluding hydrogens is 278 g/mol. The Labute approximate surface area is 124 Å². The highest BCUT2D eigenvalue weighted by atomic mass is 35.5. The molecule has 0 aliphatic rings. The monoisotopic (exact) mass is 297 g/mol. The average molecular weight is 298 g/mol. The summed E-state index contributed by atoms with van der Waals surface area (Å²) in [5, 5.41) is 3.00. The number of hydrogen-bond donors (Lipinski definition) is 1. The van der Waals surface area contributed by atoms with Gasteiger partial charge in [0.2, 0.25) is 5.91 Å². The summed E-state index contributed by atoms with van der Waals surface area (Å²) in [6, 6.07) is 3.25. The third kappa shape index (κ3) is 4.81. The van der Waals surface area contributed by atoms with E-state index in [1.54, 1.807) is 20.2 Å². The Balaban J connectivity index is 2.66. The third-order valence-electron chi connectivity index (χ3n) is 2.79. The molecule has 1 heterocycles. The van der Waals surface area contributed by atoms with Crippen molar-refractivity contribution in [1.29, 1.82) is 0 Å². The zero-order valence-electron chi connectivity index (χ0n) is 12.2. The van der Waals surface area contributed by atoms with Gasteiger partial charge in [-0.1, -0.05) is 25.4 Å². The molecule has 0 saturated carbocycles. The summed E-state index contributed by atoms with van der Waals surface area (Å²) in [6.07, 6.45) is 0.272. The molecule has 0 aromatic carbocycles. The van der Waals surface area contributed by atoms with Crippen molar-refractivity contribution < 1.29 is 9.59 Å². The van der Waals surface area contributed by atoms with Crippen LogP contribution in [0.1, 0.15) is 42.2 Å². The van der Waals surface area contributed by atoms with Gasteiger partial charge >= 0.3 is 0 Å². The average Bonchev–Trinajstić information content (AvgIpc) is 2.37. The highest BCUT2D eigenvalue weighted by Gasteiger charge is 2.12. The van der Waals surface area contributed by atoms with Crippen molar-refractivity contribution in [1.82, 2.24) is 15.2 Å². The molecule has 0 spiro atoms. The lowest BCUT2D eigenvalue weighted by Gasteiger charge is -2.11. The Morgan fingerprint density at radius 2 is 2.00 bits per heavy atom. The molecule has 0 fully saturated rings. The molecule has 110 valence electrons. The molecule has 1 rings (SSSR count). The highest BCUT2D eigenvalue weighted by Crippen LogP contribution is 2.17. The fourth-order valence-corrected chi connectivity index (χ4v) is 1.77. The number of pyridine rings is 1. The van der Waals surface area contributed by atoms with Gasteiger partial charge in [0.15, 0.2) is 0 Å². The summed E-state index contributed by atoms with van der Waals surface area (Å²) in [4.78, 5) is 29.1. The van der Waals surface area contributed by atoms with E-state index in [1.165, 1.54) is 11.0 Å². The van der Waals surface area contributed by atoms with E-state index < -0.39 is 0 Å². The van der Waals surface area contributed by atoms with Gasteiger partial charge in [0, 0.05) is 38.3 Å². The second kappa shape index (κ2) is 7.24. The molecule has 6 heteroatoms. The molecule has 20 heavy (non-hydrogen) atoms. The van der Waals surface area contributed by atoms with Gasteiger partial charge in [-0.15, -0.1) is 0 Å². The molecule has 0 aliphatic heterocycles. The first-order valence-corrected chi connectivity index (χ1v) is 6.85. The van der Waals surface area contributed by atoms with Crippen molar-refractivity contribution in [3.63, 3.8) is 0 Å². The van der Waals surface area contributed by atoms with E-state index in [0.29, 0.717) is 17.3 Å². The Morgan fingerprint density at radius 1 is 1.35 bits per heavy atom. The molecule has 5 nitrogen and oxygen atoms in total. The fourth-order valence-electron chi connectivity index (χ4n) is 1.55. The van der Waals surface area contributed by atoms with Gasteiger partial charge in [-0.2, -0.15) is 0 Å². The van der Waals surface area contributed by atoms with Crippen LogP contribution in [-0.4, -0.2) is 42.3 Å². The van der Waals surface area contributed by atoms with Crippen molar-refractivity contribution in [3.8, 4) is 0 Å². The van der Waals surface area contributed by atoms with Crippen molar-refractivity contribution in [2.45, 2.75) is 26.2 Å². The van der Waals surface area contributed by atoms with Gasteiger partial charge in [-0.05, 0) is 18.1 Å². The second-order valence-corrected chi connectivity index (χ2v) is 5.44. The van der Waals surface area contributed by atoms with Gasteiger partial charge in [0.25, 0.3) is 5.91 Å². The lowest BCUT2D eigenvalue weighted by atomic mass is 10.1. The normalized spacial score (nSPS) is 10.5. The molecule has 1 aromatic heterocycles. The molecule has 0 aliphatic carbocycles. The molecule has 0 bridgehead atoms. The van der Waals surface area contributed by atoms with Crippen LogP contribution in [0.3, 0.4) is 0 Å². The summed E-state index contributed by atoms with van der Waals surface area (Å²) >= 11 is 5.91. The van der Waals surface area contributed by atoms with E-state index in [9.17, 15) is 9.59 Å². The minimum atomic E-state index is -0.247. The topological polar surface area (TPSA) is 62.3 Å². The van der Waals surface area contributed by atoms with E-state index in [4.69, 9.17) is 11.6 Å². The van der Waals surface area contributed by atoms with Crippen molar-refractivity contribution in [3.05, 3.63) is 28.5 Å². The van der Waals surface area contributed by atoms with Gasteiger partial charge in [-0.3, -0.25) is 9.59 Å². The van der Waals surface area contributed by atoms with Crippen molar-refractivity contribution >= 4 is 23.4 Å². The van der Waals surface area contributed by atoms with E-state index in [0.717, 1.165) is 5.69 Å².